The molecule has 1 unspecified atom stereocenters. The highest BCUT2D eigenvalue weighted by atomic mass is 32.1. The number of amidine groups is 1. The van der Waals surface area contributed by atoms with Crippen LogP contribution in [-0.4, -0.2) is 18.9 Å². The van der Waals surface area contributed by atoms with Gasteiger partial charge in [0, 0.05) is 35.6 Å². The van der Waals surface area contributed by atoms with Crippen molar-refractivity contribution in [2.24, 2.45) is 5.73 Å². The first-order valence-electron chi connectivity index (χ1n) is 6.69. The minimum atomic E-state index is 0.124. The van der Waals surface area contributed by atoms with E-state index in [0.29, 0.717) is 6.04 Å². The normalized spacial score (nSPS) is 12.2. The summed E-state index contributed by atoms with van der Waals surface area (Å²) in [7, 11) is 2.06. The summed E-state index contributed by atoms with van der Waals surface area (Å²) >= 11 is 1.78. The highest BCUT2D eigenvalue weighted by Gasteiger charge is 2.16. The van der Waals surface area contributed by atoms with Gasteiger partial charge in [0.2, 0.25) is 0 Å². The van der Waals surface area contributed by atoms with Gasteiger partial charge in [0.15, 0.2) is 0 Å². The molecule has 0 aliphatic carbocycles. The molecule has 2 rings (SSSR count). The number of hydrogen-bond acceptors (Lipinski definition) is 3. The molecule has 0 amide bonds. The van der Waals surface area contributed by atoms with Gasteiger partial charge in [0.25, 0.3) is 0 Å². The zero-order chi connectivity index (χ0) is 14.7. The topological polar surface area (TPSA) is 53.1 Å². The SMILES string of the molecule is Cc1ccc(N(C)C(C)Cc2cccs2)c(C(=N)N)c1. The molecule has 20 heavy (non-hydrogen) atoms. The van der Waals surface area contributed by atoms with Gasteiger partial charge in [0.1, 0.15) is 5.84 Å². The van der Waals surface area contributed by atoms with Crippen LogP contribution in [0, 0.1) is 12.3 Å². The Hall–Kier alpha value is -1.81. The van der Waals surface area contributed by atoms with Gasteiger partial charge >= 0.3 is 0 Å². The molecule has 0 spiro atoms. The van der Waals surface area contributed by atoms with Gasteiger partial charge in [-0.15, -0.1) is 11.3 Å². The molecule has 1 heterocycles. The van der Waals surface area contributed by atoms with Gasteiger partial charge in [-0.2, -0.15) is 0 Å². The number of thiophene rings is 1. The highest BCUT2D eigenvalue weighted by Crippen LogP contribution is 2.24. The van der Waals surface area contributed by atoms with Crippen molar-refractivity contribution < 1.29 is 0 Å². The summed E-state index contributed by atoms with van der Waals surface area (Å²) in [5.41, 5.74) is 8.67. The Morgan fingerprint density at radius 1 is 1.40 bits per heavy atom. The van der Waals surface area contributed by atoms with Crippen molar-refractivity contribution in [2.45, 2.75) is 26.3 Å². The minimum Gasteiger partial charge on any atom is -0.384 e. The number of benzene rings is 1. The number of nitrogens with two attached hydrogens (primary N) is 1. The van der Waals surface area contributed by atoms with E-state index < -0.39 is 0 Å². The van der Waals surface area contributed by atoms with Crippen molar-refractivity contribution in [1.29, 1.82) is 5.41 Å². The lowest BCUT2D eigenvalue weighted by Gasteiger charge is -2.29. The van der Waals surface area contributed by atoms with Crippen molar-refractivity contribution in [3.05, 3.63) is 51.7 Å². The Balaban J connectivity index is 2.24. The number of aryl methyl sites for hydroxylation is 1. The summed E-state index contributed by atoms with van der Waals surface area (Å²) in [5, 5.41) is 9.86. The summed E-state index contributed by atoms with van der Waals surface area (Å²) < 4.78 is 0. The van der Waals surface area contributed by atoms with Crippen LogP contribution in [0.25, 0.3) is 0 Å². The highest BCUT2D eigenvalue weighted by molar-refractivity contribution is 7.09. The molecule has 106 valence electrons. The van der Waals surface area contributed by atoms with Gasteiger partial charge in [-0.25, -0.2) is 0 Å². The van der Waals surface area contributed by atoms with Crippen LogP contribution in [-0.2, 0) is 6.42 Å². The summed E-state index contributed by atoms with van der Waals surface area (Å²) in [5.74, 6) is 0.124. The van der Waals surface area contributed by atoms with E-state index in [1.807, 2.05) is 13.0 Å². The van der Waals surface area contributed by atoms with Crippen LogP contribution >= 0.6 is 11.3 Å². The lowest BCUT2D eigenvalue weighted by molar-refractivity contribution is 0.688. The number of anilines is 1. The van der Waals surface area contributed by atoms with E-state index in [0.717, 1.165) is 23.2 Å². The molecule has 4 heteroatoms. The van der Waals surface area contributed by atoms with E-state index in [4.69, 9.17) is 11.1 Å². The third-order valence-electron chi connectivity index (χ3n) is 3.56. The molecule has 0 fully saturated rings. The summed E-state index contributed by atoms with van der Waals surface area (Å²) in [6, 6.07) is 10.7. The predicted molar refractivity (Wildman–Crippen MR) is 88.1 cm³/mol. The fourth-order valence-corrected chi connectivity index (χ4v) is 3.09. The number of rotatable bonds is 5. The summed E-state index contributed by atoms with van der Waals surface area (Å²) in [6.07, 6.45) is 0.999. The fourth-order valence-electron chi connectivity index (χ4n) is 2.27. The Bertz CT molecular complexity index is 590. The van der Waals surface area contributed by atoms with E-state index in [9.17, 15) is 0 Å². The molecule has 3 N–H and O–H groups in total. The van der Waals surface area contributed by atoms with E-state index in [1.54, 1.807) is 11.3 Å². The Kier molecular flexibility index (Phi) is 4.45. The molecule has 0 aliphatic heterocycles. The number of nitrogen functional groups attached to an aromatic ring is 1. The summed E-state index contributed by atoms with van der Waals surface area (Å²) in [6.45, 7) is 4.22. The predicted octanol–water partition coefficient (Wildman–Crippen LogP) is 3.41. The van der Waals surface area contributed by atoms with Crippen molar-refractivity contribution in [3.63, 3.8) is 0 Å². The average Bonchev–Trinajstić information content (AvgIpc) is 2.90. The lowest BCUT2D eigenvalue weighted by atomic mass is 10.1. The molecule has 2 aromatic rings. The van der Waals surface area contributed by atoms with Crippen molar-refractivity contribution in [3.8, 4) is 0 Å². The van der Waals surface area contributed by atoms with Crippen LogP contribution in [0.1, 0.15) is 22.9 Å². The Morgan fingerprint density at radius 3 is 2.75 bits per heavy atom. The summed E-state index contributed by atoms with van der Waals surface area (Å²) in [4.78, 5) is 3.58. The van der Waals surface area contributed by atoms with E-state index in [1.165, 1.54) is 4.88 Å². The third-order valence-corrected chi connectivity index (χ3v) is 4.46. The van der Waals surface area contributed by atoms with Crippen molar-refractivity contribution in [2.75, 3.05) is 11.9 Å². The van der Waals surface area contributed by atoms with Crippen molar-refractivity contribution in [1.82, 2.24) is 0 Å². The smallest absolute Gasteiger partial charge is 0.124 e. The van der Waals surface area contributed by atoms with Crippen LogP contribution in [0.5, 0.6) is 0 Å². The molecular weight excluding hydrogens is 266 g/mol. The maximum absolute atomic E-state index is 7.76. The third kappa shape index (κ3) is 3.20. The molecule has 1 aromatic heterocycles. The van der Waals surface area contributed by atoms with Crippen LogP contribution in [0.15, 0.2) is 35.7 Å². The zero-order valence-corrected chi connectivity index (χ0v) is 13.0. The molecule has 0 saturated heterocycles. The first-order valence-corrected chi connectivity index (χ1v) is 7.57. The van der Waals surface area contributed by atoms with Gasteiger partial charge in [-0.3, -0.25) is 5.41 Å². The molecule has 0 radical (unpaired) electrons. The van der Waals surface area contributed by atoms with Gasteiger partial charge < -0.3 is 10.6 Å². The first kappa shape index (κ1) is 14.6. The number of likely N-dealkylation sites (N-methyl/N-ethyl adjacent to an activating group) is 1. The monoisotopic (exact) mass is 287 g/mol. The second kappa shape index (κ2) is 6.09. The average molecular weight is 287 g/mol. The van der Waals surface area contributed by atoms with Crippen LogP contribution in [0.4, 0.5) is 5.69 Å². The first-order chi connectivity index (χ1) is 9.49. The Labute approximate surface area is 124 Å². The van der Waals surface area contributed by atoms with E-state index >= 15 is 0 Å². The minimum absolute atomic E-state index is 0.124. The molecule has 0 saturated carbocycles. The van der Waals surface area contributed by atoms with E-state index in [-0.39, 0.29) is 5.84 Å². The maximum atomic E-state index is 7.76. The van der Waals surface area contributed by atoms with Crippen LogP contribution in [0.2, 0.25) is 0 Å². The largest absolute Gasteiger partial charge is 0.384 e. The van der Waals surface area contributed by atoms with Crippen LogP contribution in [0.3, 0.4) is 0 Å². The van der Waals surface area contributed by atoms with Gasteiger partial charge in [-0.1, -0.05) is 17.7 Å². The number of nitrogens with zero attached hydrogens (tertiary/aromatic N) is 1. The quantitative estimate of drug-likeness (QED) is 0.654. The molecule has 0 aliphatic rings. The van der Waals surface area contributed by atoms with E-state index in [2.05, 4.69) is 48.5 Å². The van der Waals surface area contributed by atoms with Crippen LogP contribution < -0.4 is 10.6 Å². The van der Waals surface area contributed by atoms with Gasteiger partial charge in [0.05, 0.1) is 0 Å². The molecular formula is C16H21N3S. The molecule has 1 atom stereocenters. The standard InChI is InChI=1S/C16H21N3S/c1-11-6-7-15(14(9-11)16(17)18)19(3)12(2)10-13-5-4-8-20-13/h4-9,12H,10H2,1-3H3,(H3,17,18). The number of hydrogen-bond donors (Lipinski definition) is 2. The van der Waals surface area contributed by atoms with Gasteiger partial charge in [-0.05, 0) is 37.4 Å². The fraction of sp³-hybridized carbons (Fsp3) is 0.312. The molecule has 0 bridgehead atoms. The molecule has 3 nitrogen and oxygen atoms in total. The Morgan fingerprint density at radius 2 is 2.15 bits per heavy atom. The second-order valence-electron chi connectivity index (χ2n) is 5.18. The van der Waals surface area contributed by atoms with Crippen molar-refractivity contribution >= 4 is 22.9 Å². The maximum Gasteiger partial charge on any atom is 0.124 e. The second-order valence-corrected chi connectivity index (χ2v) is 6.21. The number of nitrogens with one attached hydrogen (secondary N) is 1. The molecule has 1 aromatic carbocycles. The lowest BCUT2D eigenvalue weighted by Crippen LogP contribution is -2.32. The zero-order valence-electron chi connectivity index (χ0n) is 12.2.